The molecular weight excluding hydrogens is 408 g/mol. The van der Waals surface area contributed by atoms with Gasteiger partial charge in [-0.2, -0.15) is 4.31 Å². The zero-order valence-corrected chi connectivity index (χ0v) is 18.0. The first-order valence-corrected chi connectivity index (χ1v) is 11.1. The predicted octanol–water partition coefficient (Wildman–Crippen LogP) is 3.76. The largest absolute Gasteiger partial charge is 0.465 e. The van der Waals surface area contributed by atoms with Gasteiger partial charge in [0.2, 0.25) is 10.0 Å². The molecular formula is C21H26N2O6S. The standard InChI is InChI=1S/C21H26N2O6S/c1-4-16(3)20(21(24)29-5-2)22(15-17-9-7-6-8-10-17)30(27,28)19-13-11-18(12-14-19)23(25)26/h6-14,16,20H,4-5,15H2,1-3H3/t16-,20+/m0/s1. The van der Waals surface area contributed by atoms with Crippen molar-refractivity contribution in [1.82, 2.24) is 4.31 Å². The molecule has 0 heterocycles. The Kier molecular flexibility index (Phi) is 8.08. The summed E-state index contributed by atoms with van der Waals surface area (Å²) in [5.74, 6) is -0.922. The fourth-order valence-electron chi connectivity index (χ4n) is 3.06. The fraction of sp³-hybridized carbons (Fsp3) is 0.381. The summed E-state index contributed by atoms with van der Waals surface area (Å²) in [7, 11) is -4.15. The number of nitrogens with zero attached hydrogens (tertiary/aromatic N) is 2. The number of nitro benzene ring substituents is 1. The fourth-order valence-corrected chi connectivity index (χ4v) is 4.72. The van der Waals surface area contributed by atoms with Gasteiger partial charge in [0.25, 0.3) is 5.69 Å². The maximum atomic E-state index is 13.5. The minimum Gasteiger partial charge on any atom is -0.465 e. The van der Waals surface area contributed by atoms with Crippen molar-refractivity contribution in [2.75, 3.05) is 6.61 Å². The van der Waals surface area contributed by atoms with Crippen molar-refractivity contribution in [3.8, 4) is 0 Å². The molecule has 0 bridgehead atoms. The van der Waals surface area contributed by atoms with Gasteiger partial charge in [0, 0.05) is 18.7 Å². The van der Waals surface area contributed by atoms with Crippen LogP contribution in [0.3, 0.4) is 0 Å². The first-order chi connectivity index (χ1) is 14.2. The number of carbonyl (C=O) groups excluding carboxylic acids is 1. The third-order valence-electron chi connectivity index (χ3n) is 4.86. The lowest BCUT2D eigenvalue weighted by Gasteiger charge is -2.33. The van der Waals surface area contributed by atoms with E-state index in [-0.39, 0.29) is 29.7 Å². The summed E-state index contributed by atoms with van der Waals surface area (Å²) in [5.41, 5.74) is 0.494. The zero-order chi connectivity index (χ0) is 22.3. The number of esters is 1. The van der Waals surface area contributed by atoms with Crippen LogP contribution in [0, 0.1) is 16.0 Å². The van der Waals surface area contributed by atoms with Crippen LogP contribution in [0.1, 0.15) is 32.8 Å². The quantitative estimate of drug-likeness (QED) is 0.320. The van der Waals surface area contributed by atoms with Crippen LogP contribution in [0.25, 0.3) is 0 Å². The van der Waals surface area contributed by atoms with E-state index in [0.29, 0.717) is 12.0 Å². The zero-order valence-electron chi connectivity index (χ0n) is 17.2. The van der Waals surface area contributed by atoms with Crippen LogP contribution < -0.4 is 0 Å². The maximum Gasteiger partial charge on any atom is 0.324 e. The van der Waals surface area contributed by atoms with Crippen LogP contribution >= 0.6 is 0 Å². The molecule has 9 heteroatoms. The monoisotopic (exact) mass is 434 g/mol. The molecule has 0 N–H and O–H groups in total. The number of hydrogen-bond acceptors (Lipinski definition) is 6. The Hall–Kier alpha value is -2.78. The first-order valence-electron chi connectivity index (χ1n) is 9.69. The van der Waals surface area contributed by atoms with E-state index in [1.807, 2.05) is 13.0 Å². The Balaban J connectivity index is 2.57. The first kappa shape index (κ1) is 23.5. The average Bonchev–Trinajstić information content (AvgIpc) is 2.74. The molecule has 0 unspecified atom stereocenters. The van der Waals surface area contributed by atoms with Crippen LogP contribution in [-0.4, -0.2) is 36.3 Å². The number of hydrogen-bond donors (Lipinski definition) is 0. The third-order valence-corrected chi connectivity index (χ3v) is 6.70. The summed E-state index contributed by atoms with van der Waals surface area (Å²) in [6, 6.07) is 12.5. The summed E-state index contributed by atoms with van der Waals surface area (Å²) in [4.78, 5) is 23.0. The normalized spacial score (nSPS) is 13.6. The van der Waals surface area contributed by atoms with Gasteiger partial charge in [-0.15, -0.1) is 0 Å². The van der Waals surface area contributed by atoms with Gasteiger partial charge in [-0.25, -0.2) is 8.42 Å². The van der Waals surface area contributed by atoms with Crippen LogP contribution in [0.4, 0.5) is 5.69 Å². The molecule has 0 aromatic heterocycles. The summed E-state index contributed by atoms with van der Waals surface area (Å²) < 4.78 is 33.4. The van der Waals surface area contributed by atoms with E-state index in [9.17, 15) is 23.3 Å². The topological polar surface area (TPSA) is 107 Å². The molecule has 0 spiro atoms. The number of ether oxygens (including phenoxy) is 1. The third kappa shape index (κ3) is 5.43. The Labute approximate surface area is 176 Å². The molecule has 0 fully saturated rings. The van der Waals surface area contributed by atoms with Gasteiger partial charge >= 0.3 is 5.97 Å². The molecule has 2 aromatic rings. The Morgan fingerprint density at radius 2 is 1.70 bits per heavy atom. The molecule has 0 saturated carbocycles. The van der Waals surface area contributed by atoms with E-state index in [1.54, 1.807) is 38.1 Å². The Bertz CT molecular complexity index is 961. The second kappa shape index (κ2) is 10.3. The van der Waals surface area contributed by atoms with Crippen molar-refractivity contribution < 1.29 is 22.9 Å². The van der Waals surface area contributed by atoms with Crippen molar-refractivity contribution in [2.24, 2.45) is 5.92 Å². The van der Waals surface area contributed by atoms with E-state index < -0.39 is 27.0 Å². The smallest absolute Gasteiger partial charge is 0.324 e. The number of nitro groups is 1. The Morgan fingerprint density at radius 3 is 2.20 bits per heavy atom. The molecule has 2 atom stereocenters. The molecule has 2 aromatic carbocycles. The molecule has 162 valence electrons. The summed E-state index contributed by atoms with van der Waals surface area (Å²) in [5, 5.41) is 10.9. The minimum absolute atomic E-state index is 0.0337. The van der Waals surface area contributed by atoms with Gasteiger partial charge in [-0.3, -0.25) is 14.9 Å². The van der Waals surface area contributed by atoms with Crippen molar-refractivity contribution in [1.29, 1.82) is 0 Å². The van der Waals surface area contributed by atoms with Gasteiger partial charge in [0.15, 0.2) is 0 Å². The lowest BCUT2D eigenvalue weighted by molar-refractivity contribution is -0.384. The molecule has 0 aliphatic carbocycles. The van der Waals surface area contributed by atoms with Crippen LogP contribution in [-0.2, 0) is 26.1 Å². The molecule has 8 nitrogen and oxygen atoms in total. The second-order valence-corrected chi connectivity index (χ2v) is 8.76. The van der Waals surface area contributed by atoms with Crippen LogP contribution in [0.2, 0.25) is 0 Å². The Morgan fingerprint density at radius 1 is 1.10 bits per heavy atom. The number of non-ortho nitro benzene ring substituents is 1. The molecule has 30 heavy (non-hydrogen) atoms. The van der Waals surface area contributed by atoms with Crippen molar-refractivity contribution in [3.05, 3.63) is 70.3 Å². The SMILES string of the molecule is CCOC(=O)[C@@H]([C@@H](C)CC)N(Cc1ccccc1)S(=O)(=O)c1ccc([N+](=O)[O-])cc1. The molecule has 0 aliphatic rings. The van der Waals surface area contributed by atoms with E-state index in [2.05, 4.69) is 0 Å². The number of sulfonamides is 1. The van der Waals surface area contributed by atoms with Crippen molar-refractivity contribution in [3.63, 3.8) is 0 Å². The molecule has 0 radical (unpaired) electrons. The molecule has 2 rings (SSSR count). The lowest BCUT2D eigenvalue weighted by Crippen LogP contribution is -2.48. The summed E-state index contributed by atoms with van der Waals surface area (Å²) in [6.07, 6.45) is 0.560. The van der Waals surface area contributed by atoms with E-state index >= 15 is 0 Å². The number of carbonyl (C=O) groups is 1. The highest BCUT2D eigenvalue weighted by molar-refractivity contribution is 7.89. The minimum atomic E-state index is -4.15. The van der Waals surface area contributed by atoms with E-state index in [1.165, 1.54) is 12.1 Å². The number of rotatable bonds is 10. The van der Waals surface area contributed by atoms with Gasteiger partial charge in [-0.05, 0) is 30.5 Å². The van der Waals surface area contributed by atoms with Crippen molar-refractivity contribution in [2.45, 2.75) is 44.7 Å². The number of benzene rings is 2. The lowest BCUT2D eigenvalue weighted by atomic mass is 9.99. The predicted molar refractivity (Wildman–Crippen MR) is 112 cm³/mol. The summed E-state index contributed by atoms with van der Waals surface area (Å²) >= 11 is 0. The van der Waals surface area contributed by atoms with Crippen LogP contribution in [0.5, 0.6) is 0 Å². The molecule has 0 amide bonds. The molecule has 0 saturated heterocycles. The second-order valence-electron chi connectivity index (χ2n) is 6.87. The van der Waals surface area contributed by atoms with Crippen molar-refractivity contribution >= 4 is 21.7 Å². The molecule has 0 aliphatic heterocycles. The van der Waals surface area contributed by atoms with E-state index in [4.69, 9.17) is 4.74 Å². The van der Waals surface area contributed by atoms with Gasteiger partial charge in [-0.1, -0.05) is 50.6 Å². The van der Waals surface area contributed by atoms with Gasteiger partial charge < -0.3 is 4.74 Å². The summed E-state index contributed by atoms with van der Waals surface area (Å²) in [6.45, 7) is 5.43. The van der Waals surface area contributed by atoms with Gasteiger partial charge in [0.05, 0.1) is 16.4 Å². The maximum absolute atomic E-state index is 13.5. The van der Waals surface area contributed by atoms with Crippen LogP contribution in [0.15, 0.2) is 59.5 Å². The average molecular weight is 435 g/mol. The highest BCUT2D eigenvalue weighted by Crippen LogP contribution is 2.28. The van der Waals surface area contributed by atoms with E-state index in [0.717, 1.165) is 16.4 Å². The highest BCUT2D eigenvalue weighted by atomic mass is 32.2. The highest BCUT2D eigenvalue weighted by Gasteiger charge is 2.39. The van der Waals surface area contributed by atoms with Gasteiger partial charge in [0.1, 0.15) is 6.04 Å².